The number of halogens is 1. The van der Waals surface area contributed by atoms with E-state index in [9.17, 15) is 4.79 Å². The van der Waals surface area contributed by atoms with Crippen LogP contribution in [0.1, 0.15) is 5.69 Å². The lowest BCUT2D eigenvalue weighted by molar-refractivity contribution is -2.00. The van der Waals surface area contributed by atoms with Crippen molar-refractivity contribution >= 4 is 0 Å². The van der Waals surface area contributed by atoms with Gasteiger partial charge in [-0.3, -0.25) is 0 Å². The van der Waals surface area contributed by atoms with Crippen molar-refractivity contribution in [2.24, 2.45) is 14.1 Å². The van der Waals surface area contributed by atoms with Gasteiger partial charge in [0.15, 0.2) is 0 Å². The molecule has 0 saturated carbocycles. The highest BCUT2D eigenvalue weighted by Gasteiger charge is 2.03. The summed E-state index contributed by atoms with van der Waals surface area (Å²) in [7, 11) is -1.45. The van der Waals surface area contributed by atoms with Gasteiger partial charge in [0.25, 0.3) is 0 Å². The Balaban J connectivity index is 0.000000336. The third kappa shape index (κ3) is 6.15. The Hall–Kier alpha value is -0.990. The molecule has 1 aromatic heterocycles. The van der Waals surface area contributed by atoms with E-state index in [-0.39, 0.29) is 5.69 Å². The predicted octanol–water partition coefficient (Wildman–Crippen LogP) is -5.24. The van der Waals surface area contributed by atoms with E-state index >= 15 is 0 Å². The zero-order valence-corrected chi connectivity index (χ0v) is 9.22. The second-order valence-electron chi connectivity index (χ2n) is 2.79. The van der Waals surface area contributed by atoms with Gasteiger partial charge in [0.2, 0.25) is 0 Å². The molecule has 1 heterocycles. The molecule has 86 valence electrons. The molecule has 8 heteroatoms. The average Bonchev–Trinajstić information content (AvgIpc) is 2.05. The minimum atomic E-state index is -4.94. The topological polar surface area (TPSA) is 118 Å². The van der Waals surface area contributed by atoms with Crippen LogP contribution in [0.4, 0.5) is 0 Å². The van der Waals surface area contributed by atoms with Crippen molar-refractivity contribution in [3.63, 3.8) is 0 Å². The normalized spacial score (nSPS) is 10.6. The fourth-order valence-corrected chi connectivity index (χ4v) is 0.783. The van der Waals surface area contributed by atoms with E-state index in [1.54, 1.807) is 29.4 Å². The summed E-state index contributed by atoms with van der Waals surface area (Å²) in [5, 5.41) is 0. The molecule has 0 fully saturated rings. The first-order valence-electron chi connectivity index (χ1n) is 3.77. The maximum absolute atomic E-state index is 11.1. The number of aromatic nitrogens is 2. The first-order chi connectivity index (χ1) is 6.63. The largest absolute Gasteiger partial charge is 0.497 e. The van der Waals surface area contributed by atoms with Crippen molar-refractivity contribution in [1.29, 1.82) is 0 Å². The van der Waals surface area contributed by atoms with Gasteiger partial charge in [-0.2, -0.15) is 9.36 Å². The van der Waals surface area contributed by atoms with Crippen molar-refractivity contribution in [3.05, 3.63) is 28.4 Å². The molecule has 0 unspecified atom stereocenters. The molecule has 0 amide bonds. The minimum Gasteiger partial charge on any atom is -0.222 e. The Morgan fingerprint density at radius 1 is 1.33 bits per heavy atom. The summed E-state index contributed by atoms with van der Waals surface area (Å²) in [6.07, 6.45) is 1.76. The average molecular weight is 239 g/mol. The molecule has 0 aliphatic heterocycles. The van der Waals surface area contributed by atoms with Crippen molar-refractivity contribution in [2.45, 2.75) is 6.92 Å². The zero-order chi connectivity index (χ0) is 12.2. The van der Waals surface area contributed by atoms with Gasteiger partial charge >= 0.3 is 5.69 Å². The molecular formula is C7H11ClN2O5. The minimum absolute atomic E-state index is 0.0139. The van der Waals surface area contributed by atoms with E-state index < -0.39 is 10.2 Å². The molecule has 0 aliphatic rings. The van der Waals surface area contributed by atoms with Gasteiger partial charge < -0.3 is 0 Å². The molecule has 0 bridgehead atoms. The maximum Gasteiger partial charge on any atom is 0.497 e. The molecule has 0 atom stereocenters. The quantitative estimate of drug-likeness (QED) is 0.419. The van der Waals surface area contributed by atoms with Crippen LogP contribution in [0.5, 0.6) is 0 Å². The molecular weight excluding hydrogens is 228 g/mol. The SMILES string of the molecule is Cc1cc[n+](C)c(=O)n1C.[O-][Cl+3]([O-])([O-])[O-]. The first kappa shape index (κ1) is 14.0. The molecule has 1 aromatic rings. The monoisotopic (exact) mass is 238 g/mol. The number of nitrogens with zero attached hydrogens (tertiary/aromatic N) is 2. The van der Waals surface area contributed by atoms with Gasteiger partial charge in [0.1, 0.15) is 5.69 Å². The predicted molar refractivity (Wildman–Crippen MR) is 37.6 cm³/mol. The van der Waals surface area contributed by atoms with Crippen LogP contribution in [0.2, 0.25) is 0 Å². The fraction of sp³-hybridized carbons (Fsp3) is 0.429. The summed E-state index contributed by atoms with van der Waals surface area (Å²) in [6.45, 7) is 1.90. The van der Waals surface area contributed by atoms with E-state index in [0.717, 1.165) is 5.69 Å². The standard InChI is InChI=1S/C7H11N2O.ClHO4/c1-6-4-5-8(2)7(10)9(6)3;2-1(3,4)5/h4-5H,1-3H3;(H,2,3,4,5)/q+1;/p-1. The smallest absolute Gasteiger partial charge is 0.222 e. The number of aryl methyl sites for hydroxylation is 2. The molecule has 0 N–H and O–H groups in total. The van der Waals surface area contributed by atoms with Crippen molar-refractivity contribution < 1.29 is 33.4 Å². The lowest BCUT2D eigenvalue weighted by Gasteiger charge is -2.17. The fourth-order valence-electron chi connectivity index (χ4n) is 0.783. The molecule has 0 radical (unpaired) electrons. The van der Waals surface area contributed by atoms with Gasteiger partial charge in [-0.1, -0.05) is 0 Å². The zero-order valence-electron chi connectivity index (χ0n) is 8.47. The summed E-state index contributed by atoms with van der Waals surface area (Å²) in [4.78, 5) is 11.1. The lowest BCUT2D eigenvalue weighted by Crippen LogP contribution is -2.68. The van der Waals surface area contributed by atoms with E-state index in [1.165, 1.54) is 0 Å². The van der Waals surface area contributed by atoms with Crippen LogP contribution < -0.4 is 28.9 Å². The summed E-state index contributed by atoms with van der Waals surface area (Å²) in [6, 6.07) is 1.90. The summed E-state index contributed by atoms with van der Waals surface area (Å²) in [5.74, 6) is 0. The summed E-state index contributed by atoms with van der Waals surface area (Å²) in [5.41, 5.74) is 0.989. The molecule has 7 nitrogen and oxygen atoms in total. The van der Waals surface area contributed by atoms with Gasteiger partial charge in [-0.25, -0.2) is 23.2 Å². The van der Waals surface area contributed by atoms with Crippen molar-refractivity contribution in [3.8, 4) is 0 Å². The number of rotatable bonds is 0. The Morgan fingerprint density at radius 2 is 1.73 bits per heavy atom. The van der Waals surface area contributed by atoms with E-state index in [2.05, 4.69) is 0 Å². The van der Waals surface area contributed by atoms with Gasteiger partial charge in [0.05, 0.1) is 20.3 Å². The summed E-state index contributed by atoms with van der Waals surface area (Å²) < 4.78 is 37.1. The van der Waals surface area contributed by atoms with E-state index in [0.29, 0.717) is 0 Å². The van der Waals surface area contributed by atoms with E-state index in [1.807, 2.05) is 13.0 Å². The molecule has 0 saturated heterocycles. The first-order valence-corrected chi connectivity index (χ1v) is 5.00. The highest BCUT2D eigenvalue weighted by molar-refractivity contribution is 4.93. The second kappa shape index (κ2) is 5.19. The second-order valence-corrected chi connectivity index (χ2v) is 3.54. The van der Waals surface area contributed by atoms with Gasteiger partial charge in [-0.15, -0.1) is 10.2 Å². The molecule has 0 aromatic carbocycles. The van der Waals surface area contributed by atoms with E-state index in [4.69, 9.17) is 18.6 Å². The van der Waals surface area contributed by atoms with Gasteiger partial charge in [0, 0.05) is 6.07 Å². The lowest BCUT2D eigenvalue weighted by atomic mass is 10.4. The summed E-state index contributed by atoms with van der Waals surface area (Å²) >= 11 is 0. The highest BCUT2D eigenvalue weighted by atomic mass is 35.7. The van der Waals surface area contributed by atoms with Crippen LogP contribution >= 0.6 is 0 Å². The van der Waals surface area contributed by atoms with Crippen molar-refractivity contribution in [2.75, 3.05) is 0 Å². The number of hydrogen-bond donors (Lipinski definition) is 0. The Labute approximate surface area is 88.2 Å². The molecule has 1 rings (SSSR count). The Kier molecular flexibility index (Phi) is 4.85. The molecule has 0 spiro atoms. The molecule has 0 aliphatic carbocycles. The third-order valence-corrected chi connectivity index (χ3v) is 1.66. The Bertz CT molecular complexity index is 378. The van der Waals surface area contributed by atoms with Crippen LogP contribution in [0, 0.1) is 17.2 Å². The van der Waals surface area contributed by atoms with Crippen molar-refractivity contribution in [1.82, 2.24) is 4.57 Å². The van der Waals surface area contributed by atoms with Crippen LogP contribution in [-0.4, -0.2) is 4.57 Å². The maximum atomic E-state index is 11.1. The third-order valence-electron chi connectivity index (χ3n) is 1.66. The van der Waals surface area contributed by atoms with Crippen LogP contribution in [0.15, 0.2) is 17.1 Å². The Morgan fingerprint density at radius 3 is 2.07 bits per heavy atom. The van der Waals surface area contributed by atoms with Crippen LogP contribution in [0.25, 0.3) is 0 Å². The molecule has 15 heavy (non-hydrogen) atoms. The van der Waals surface area contributed by atoms with Crippen LogP contribution in [-0.2, 0) is 14.1 Å². The highest BCUT2D eigenvalue weighted by Crippen LogP contribution is 1.84. The van der Waals surface area contributed by atoms with Crippen LogP contribution in [0.3, 0.4) is 0 Å². The van der Waals surface area contributed by atoms with Gasteiger partial charge in [-0.05, 0) is 6.92 Å². The number of hydrogen-bond acceptors (Lipinski definition) is 5.